The fourth-order valence-electron chi connectivity index (χ4n) is 3.69. The number of carbonyl (C=O) groups is 2. The van der Waals surface area contributed by atoms with E-state index in [0.717, 1.165) is 24.0 Å². The molecule has 0 saturated carbocycles. The van der Waals surface area contributed by atoms with Crippen molar-refractivity contribution in [3.63, 3.8) is 0 Å². The van der Waals surface area contributed by atoms with E-state index < -0.39 is 36.0 Å². The number of carbonyl (C=O) groups excluding carboxylic acids is 2. The summed E-state index contributed by atoms with van der Waals surface area (Å²) in [6.07, 6.45) is 4.69. The Bertz CT molecular complexity index is 698. The molecule has 1 unspecified atom stereocenters. The maximum absolute atomic E-state index is 13.0. The Morgan fingerprint density at radius 1 is 1.29 bits per heavy atom. The van der Waals surface area contributed by atoms with Crippen molar-refractivity contribution in [2.75, 3.05) is 13.2 Å². The summed E-state index contributed by atoms with van der Waals surface area (Å²) >= 11 is 0. The Kier molecular flexibility index (Phi) is 11.1. The van der Waals surface area contributed by atoms with E-state index in [0.29, 0.717) is 31.6 Å². The van der Waals surface area contributed by atoms with Crippen molar-refractivity contribution in [1.82, 2.24) is 0 Å². The second-order valence-electron chi connectivity index (χ2n) is 8.69. The summed E-state index contributed by atoms with van der Waals surface area (Å²) in [6, 6.07) is 0. The molecule has 4 atom stereocenters. The number of aliphatic hydroxyl groups excluding tert-OH is 1. The number of cyclic esters (lactones) is 1. The van der Waals surface area contributed by atoms with Gasteiger partial charge >= 0.3 is 5.97 Å². The summed E-state index contributed by atoms with van der Waals surface area (Å²) in [4.78, 5) is 31.0. The lowest BCUT2D eigenvalue weighted by Crippen LogP contribution is -2.49. The van der Waals surface area contributed by atoms with Crippen molar-refractivity contribution in [3.8, 4) is 0 Å². The molecule has 0 amide bonds. The van der Waals surface area contributed by atoms with Gasteiger partial charge in [-0.05, 0) is 51.0 Å². The number of ether oxygens (including phenoxy) is 1. The van der Waals surface area contributed by atoms with Gasteiger partial charge < -0.3 is 19.8 Å². The van der Waals surface area contributed by atoms with Gasteiger partial charge in [0, 0.05) is 6.42 Å². The first-order valence-corrected chi connectivity index (χ1v) is 11.2. The van der Waals surface area contributed by atoms with E-state index in [1.54, 1.807) is 0 Å². The molecule has 0 spiro atoms. The molecule has 176 valence electrons. The molecule has 1 heterocycles. The van der Waals surface area contributed by atoms with Gasteiger partial charge in [-0.15, -0.1) is 0 Å². The monoisotopic (exact) mass is 437 g/mol. The van der Waals surface area contributed by atoms with Gasteiger partial charge in [0.1, 0.15) is 18.6 Å². The van der Waals surface area contributed by atoms with E-state index in [-0.39, 0.29) is 12.3 Å². The smallest absolute Gasteiger partial charge is 0.316 e. The summed E-state index contributed by atoms with van der Waals surface area (Å²) < 4.78 is 5.55. The van der Waals surface area contributed by atoms with Crippen LogP contribution in [0.25, 0.3) is 0 Å². The fraction of sp³-hybridized carbons (Fsp3) is 0.708. The van der Waals surface area contributed by atoms with Crippen LogP contribution in [0.3, 0.4) is 0 Å². The highest BCUT2D eigenvalue weighted by molar-refractivity contribution is 6.05. The van der Waals surface area contributed by atoms with E-state index >= 15 is 0 Å². The minimum absolute atomic E-state index is 0.117. The topological polar surface area (TPSA) is 105 Å². The van der Waals surface area contributed by atoms with Crippen molar-refractivity contribution in [1.29, 1.82) is 0 Å². The number of esters is 1. The van der Waals surface area contributed by atoms with E-state index in [9.17, 15) is 19.8 Å². The zero-order chi connectivity index (χ0) is 23.6. The number of rotatable bonds is 6. The first-order valence-electron chi connectivity index (χ1n) is 11.2. The van der Waals surface area contributed by atoms with E-state index in [1.165, 1.54) is 6.92 Å². The normalized spacial score (nSPS) is 32.2. The maximum Gasteiger partial charge on any atom is 0.316 e. The standard InChI is InChI=1S/C24H39NO6/c1-7-9-10-30-25-20-13-17(4)11-16(3)12-18(5)21(8-2)31-23(28)19(6)22(27)24(29,14-20)15-26/h12,17,19,21,26,29H,3,7-11,13-15H2,1-2,4-6H3/b18-12+,25-20-/t17?,19-,21+,24+/m1/s1. The first kappa shape index (κ1) is 27.0. The number of oxime groups is 1. The molecule has 0 aliphatic carbocycles. The highest BCUT2D eigenvalue weighted by Gasteiger charge is 2.43. The highest BCUT2D eigenvalue weighted by atomic mass is 16.6. The molecule has 0 radical (unpaired) electrons. The fourth-order valence-corrected chi connectivity index (χ4v) is 3.69. The van der Waals surface area contributed by atoms with Crippen LogP contribution in [0.1, 0.15) is 73.1 Å². The Morgan fingerprint density at radius 3 is 2.55 bits per heavy atom. The van der Waals surface area contributed by atoms with Gasteiger partial charge in [-0.2, -0.15) is 0 Å². The van der Waals surface area contributed by atoms with Gasteiger partial charge in [0.25, 0.3) is 0 Å². The summed E-state index contributed by atoms with van der Waals surface area (Å²) in [7, 11) is 0. The van der Waals surface area contributed by atoms with E-state index in [2.05, 4.69) is 11.7 Å². The van der Waals surface area contributed by atoms with Crippen LogP contribution >= 0.6 is 0 Å². The lowest BCUT2D eigenvalue weighted by Gasteiger charge is -2.29. The molecule has 2 N–H and O–H groups in total. The van der Waals surface area contributed by atoms with Crippen molar-refractivity contribution in [2.24, 2.45) is 17.0 Å². The van der Waals surface area contributed by atoms with Crippen LogP contribution in [0.5, 0.6) is 0 Å². The van der Waals surface area contributed by atoms with Gasteiger partial charge in [-0.1, -0.05) is 50.6 Å². The Hall–Kier alpha value is -1.99. The Balaban J connectivity index is 3.32. The molecule has 1 aliphatic heterocycles. The Labute approximate surface area is 186 Å². The molecule has 0 aromatic rings. The van der Waals surface area contributed by atoms with Crippen LogP contribution in [0.4, 0.5) is 0 Å². The zero-order valence-electron chi connectivity index (χ0n) is 19.6. The van der Waals surface area contributed by atoms with Crippen molar-refractivity contribution in [2.45, 2.75) is 84.8 Å². The number of ketones is 1. The van der Waals surface area contributed by atoms with Gasteiger partial charge in [-0.25, -0.2) is 0 Å². The predicted molar refractivity (Wildman–Crippen MR) is 121 cm³/mol. The first-order chi connectivity index (χ1) is 14.6. The summed E-state index contributed by atoms with van der Waals surface area (Å²) in [5.41, 5.74) is 0.0631. The minimum Gasteiger partial charge on any atom is -0.457 e. The van der Waals surface area contributed by atoms with Crippen molar-refractivity contribution in [3.05, 3.63) is 23.8 Å². The van der Waals surface area contributed by atoms with E-state index in [4.69, 9.17) is 9.57 Å². The molecule has 0 bridgehead atoms. The van der Waals surface area contributed by atoms with Gasteiger partial charge in [0.05, 0.1) is 12.3 Å². The third-order valence-corrected chi connectivity index (χ3v) is 5.51. The zero-order valence-corrected chi connectivity index (χ0v) is 19.6. The third-order valence-electron chi connectivity index (χ3n) is 5.51. The van der Waals surface area contributed by atoms with Crippen LogP contribution in [-0.4, -0.2) is 52.6 Å². The van der Waals surface area contributed by atoms with Crippen LogP contribution in [0.15, 0.2) is 29.0 Å². The van der Waals surface area contributed by atoms with Crippen molar-refractivity contribution < 1.29 is 29.4 Å². The third kappa shape index (κ3) is 8.22. The second-order valence-corrected chi connectivity index (χ2v) is 8.69. The summed E-state index contributed by atoms with van der Waals surface area (Å²) in [6.45, 7) is 12.9. The maximum atomic E-state index is 13.0. The lowest BCUT2D eigenvalue weighted by atomic mass is 9.83. The molecule has 31 heavy (non-hydrogen) atoms. The number of hydrogen-bond acceptors (Lipinski definition) is 7. The number of allylic oxidation sites excluding steroid dienone is 2. The summed E-state index contributed by atoms with van der Waals surface area (Å²) in [5, 5.41) is 25.0. The molecule has 7 heteroatoms. The molecule has 1 rings (SSSR count). The number of aliphatic hydroxyl groups is 2. The van der Waals surface area contributed by atoms with Crippen LogP contribution in [0, 0.1) is 11.8 Å². The average Bonchev–Trinajstić information content (AvgIpc) is 2.72. The number of unbranched alkanes of at least 4 members (excludes halogenated alkanes) is 1. The van der Waals surface area contributed by atoms with Gasteiger partial charge in [0.2, 0.25) is 0 Å². The minimum atomic E-state index is -2.14. The number of hydrogen-bond donors (Lipinski definition) is 2. The summed E-state index contributed by atoms with van der Waals surface area (Å²) in [5.74, 6) is -2.63. The SMILES string of the molecule is C=C1/C=C(\C)[C@H](CC)OC(=O)[C@H](C)C(=O)[C@@](O)(CO)C/C(=N\OCCCC)CC(C)C1. The molecular formula is C24H39NO6. The highest BCUT2D eigenvalue weighted by Crippen LogP contribution is 2.26. The van der Waals surface area contributed by atoms with Crippen molar-refractivity contribution >= 4 is 17.5 Å². The molecule has 0 aromatic carbocycles. The van der Waals surface area contributed by atoms with Gasteiger partial charge in [0.15, 0.2) is 11.4 Å². The molecule has 7 nitrogen and oxygen atoms in total. The molecule has 0 aromatic heterocycles. The number of nitrogens with zero attached hydrogens (tertiary/aromatic N) is 1. The average molecular weight is 438 g/mol. The molecule has 0 fully saturated rings. The predicted octanol–water partition coefficient (Wildman–Crippen LogP) is 3.73. The van der Waals surface area contributed by atoms with Crippen LogP contribution < -0.4 is 0 Å². The molecule has 1 aliphatic rings. The largest absolute Gasteiger partial charge is 0.457 e. The Morgan fingerprint density at radius 2 is 1.97 bits per heavy atom. The van der Waals surface area contributed by atoms with Gasteiger partial charge in [-0.3, -0.25) is 9.59 Å². The van der Waals surface area contributed by atoms with Crippen LogP contribution in [-0.2, 0) is 19.2 Å². The number of Topliss-reactive ketones (excluding diaryl/α,β-unsaturated/α-hetero) is 1. The lowest BCUT2D eigenvalue weighted by molar-refractivity contribution is -0.161. The van der Waals surface area contributed by atoms with Crippen LogP contribution in [0.2, 0.25) is 0 Å². The van der Waals surface area contributed by atoms with E-state index in [1.807, 2.05) is 33.8 Å². The molecule has 0 saturated heterocycles. The quantitative estimate of drug-likeness (QED) is 0.284. The molecular weight excluding hydrogens is 398 g/mol. The second kappa shape index (κ2) is 12.8.